The van der Waals surface area contributed by atoms with Crippen LogP contribution in [0.3, 0.4) is 0 Å². The molecule has 0 fully saturated rings. The summed E-state index contributed by atoms with van der Waals surface area (Å²) >= 11 is 0. The first-order chi connectivity index (χ1) is 11.2. The molecule has 1 aliphatic carbocycles. The number of hydrogen-bond donors (Lipinski definition) is 0. The lowest BCUT2D eigenvalue weighted by molar-refractivity contribution is 0.0187. The third-order valence-corrected chi connectivity index (χ3v) is 5.00. The first-order valence-electron chi connectivity index (χ1n) is 7.18. The number of halogens is 3. The summed E-state index contributed by atoms with van der Waals surface area (Å²) in [5, 5.41) is 0. The Morgan fingerprint density at radius 1 is 1.00 bits per heavy atom. The van der Waals surface area contributed by atoms with E-state index in [1.807, 2.05) is 0 Å². The van der Waals surface area contributed by atoms with Crippen LogP contribution in [0.1, 0.15) is 24.1 Å². The smallest absolute Gasteiger partial charge is 0.255 e. The third-order valence-electron chi connectivity index (χ3n) is 3.90. The highest BCUT2D eigenvalue weighted by Gasteiger charge is 2.40. The van der Waals surface area contributed by atoms with Crippen LogP contribution in [0.15, 0.2) is 47.5 Å². The van der Waals surface area contributed by atoms with Crippen molar-refractivity contribution in [2.24, 2.45) is 0 Å². The summed E-state index contributed by atoms with van der Waals surface area (Å²) in [6, 6.07) is 8.13. The number of nitrogens with zero attached hydrogens (tertiary/aromatic N) is 1. The summed E-state index contributed by atoms with van der Waals surface area (Å²) in [6.07, 6.45) is 1.28. The molecule has 0 amide bonds. The molecule has 0 N–H and O–H groups in total. The van der Waals surface area contributed by atoms with Crippen molar-refractivity contribution in [1.29, 1.82) is 0 Å². The number of alkyl halides is 2. The molecule has 3 rings (SSSR count). The van der Waals surface area contributed by atoms with Gasteiger partial charge in [0.05, 0.1) is 10.6 Å². The zero-order valence-corrected chi connectivity index (χ0v) is 13.6. The molecule has 1 aromatic carbocycles. The predicted molar refractivity (Wildman–Crippen MR) is 84.7 cm³/mol. The maximum Gasteiger partial charge on any atom is 0.256 e. The topological polar surface area (TPSA) is 47.0 Å². The maximum absolute atomic E-state index is 13.9. The molecular weight excluding hydrogens is 339 g/mol. The first kappa shape index (κ1) is 16.7. The minimum Gasteiger partial charge on any atom is -0.255 e. The molecule has 0 radical (unpaired) electrons. The first-order valence-corrected chi connectivity index (χ1v) is 9.07. The summed E-state index contributed by atoms with van der Waals surface area (Å²) in [7, 11) is -3.40. The van der Waals surface area contributed by atoms with Crippen LogP contribution in [-0.2, 0) is 9.84 Å². The predicted octanol–water partition coefficient (Wildman–Crippen LogP) is 3.96. The van der Waals surface area contributed by atoms with E-state index in [1.54, 1.807) is 0 Å². The molecule has 0 spiro atoms. The van der Waals surface area contributed by atoms with Gasteiger partial charge in [0.25, 0.3) is 5.92 Å². The summed E-state index contributed by atoms with van der Waals surface area (Å²) in [6.45, 7) is 0. The van der Waals surface area contributed by atoms with E-state index >= 15 is 0 Å². The van der Waals surface area contributed by atoms with E-state index in [2.05, 4.69) is 4.98 Å². The van der Waals surface area contributed by atoms with Crippen molar-refractivity contribution in [2.75, 3.05) is 6.26 Å². The highest BCUT2D eigenvalue weighted by molar-refractivity contribution is 7.90. The summed E-state index contributed by atoms with van der Waals surface area (Å²) in [5.74, 6) is -3.35. The lowest BCUT2D eigenvalue weighted by atomic mass is 10.00. The van der Waals surface area contributed by atoms with Crippen molar-refractivity contribution in [2.45, 2.75) is 23.7 Å². The van der Waals surface area contributed by atoms with Gasteiger partial charge in [-0.05, 0) is 41.0 Å². The van der Waals surface area contributed by atoms with Crippen LogP contribution >= 0.6 is 0 Å². The molecule has 7 heteroatoms. The highest BCUT2D eigenvalue weighted by Crippen LogP contribution is 2.47. The van der Waals surface area contributed by atoms with Crippen LogP contribution in [0, 0.1) is 5.82 Å². The fraction of sp³-hybridized carbons (Fsp3) is 0.235. The van der Waals surface area contributed by atoms with E-state index in [0.29, 0.717) is 22.4 Å². The highest BCUT2D eigenvalue weighted by atomic mass is 32.2. The molecule has 1 aliphatic rings. The van der Waals surface area contributed by atoms with Gasteiger partial charge in [-0.1, -0.05) is 12.1 Å². The van der Waals surface area contributed by atoms with Gasteiger partial charge in [0.2, 0.25) is 0 Å². The number of benzene rings is 1. The molecule has 0 aliphatic heterocycles. The number of allylic oxidation sites excluding steroid dienone is 2. The van der Waals surface area contributed by atoms with Crippen molar-refractivity contribution in [1.82, 2.24) is 4.98 Å². The monoisotopic (exact) mass is 353 g/mol. The lowest BCUT2D eigenvalue weighted by Gasteiger charge is -2.07. The molecule has 2 aromatic rings. The quantitative estimate of drug-likeness (QED) is 0.839. The standard InChI is InChI=1S/C17H14F3NO2S/c1-24(22,23)13-6-7-16(21-10-13)15-9-17(19,20)8-14(15)11-2-4-12(18)5-3-11/h2-7,10H,8-9H2,1H3. The molecule has 3 nitrogen and oxygen atoms in total. The Balaban J connectivity index is 2.07. The average Bonchev–Trinajstić information content (AvgIpc) is 2.83. The summed E-state index contributed by atoms with van der Waals surface area (Å²) < 4.78 is 63.9. The van der Waals surface area contributed by atoms with Crippen LogP contribution in [0.5, 0.6) is 0 Å². The van der Waals surface area contributed by atoms with Crippen LogP contribution in [0.2, 0.25) is 0 Å². The molecule has 24 heavy (non-hydrogen) atoms. The lowest BCUT2D eigenvalue weighted by Crippen LogP contribution is -2.10. The van der Waals surface area contributed by atoms with Gasteiger partial charge in [-0.2, -0.15) is 0 Å². The number of pyridine rings is 1. The van der Waals surface area contributed by atoms with Crippen molar-refractivity contribution >= 4 is 21.0 Å². The largest absolute Gasteiger partial charge is 0.256 e. The van der Waals surface area contributed by atoms with Crippen LogP contribution in [0.4, 0.5) is 13.2 Å². The van der Waals surface area contributed by atoms with Crippen LogP contribution in [-0.4, -0.2) is 25.6 Å². The Hall–Kier alpha value is -2.15. The second-order valence-corrected chi connectivity index (χ2v) is 7.84. The fourth-order valence-corrected chi connectivity index (χ4v) is 3.30. The molecule has 0 atom stereocenters. The van der Waals surface area contributed by atoms with Gasteiger partial charge in [-0.15, -0.1) is 0 Å². The van der Waals surface area contributed by atoms with Crippen molar-refractivity contribution in [3.63, 3.8) is 0 Å². The van der Waals surface area contributed by atoms with Gasteiger partial charge in [0, 0.05) is 25.3 Å². The fourth-order valence-electron chi connectivity index (χ4n) is 2.74. The Morgan fingerprint density at radius 3 is 2.17 bits per heavy atom. The van der Waals surface area contributed by atoms with E-state index in [1.165, 1.54) is 36.4 Å². The average molecular weight is 353 g/mol. The minimum atomic E-state index is -3.40. The summed E-state index contributed by atoms with van der Waals surface area (Å²) in [4.78, 5) is 4.07. The Bertz CT molecular complexity index is 902. The van der Waals surface area contributed by atoms with Gasteiger partial charge in [0.15, 0.2) is 9.84 Å². The van der Waals surface area contributed by atoms with Gasteiger partial charge in [-0.25, -0.2) is 21.6 Å². The van der Waals surface area contributed by atoms with E-state index in [-0.39, 0.29) is 4.90 Å². The molecule has 0 unspecified atom stereocenters. The zero-order valence-electron chi connectivity index (χ0n) is 12.8. The van der Waals surface area contributed by atoms with E-state index in [0.717, 1.165) is 12.5 Å². The number of aromatic nitrogens is 1. The molecule has 0 saturated heterocycles. The molecule has 126 valence electrons. The molecule has 0 bridgehead atoms. The molecule has 1 heterocycles. The second-order valence-electron chi connectivity index (χ2n) is 5.82. The second kappa shape index (κ2) is 5.73. The van der Waals surface area contributed by atoms with E-state index < -0.39 is 34.4 Å². The Morgan fingerprint density at radius 2 is 1.62 bits per heavy atom. The van der Waals surface area contributed by atoms with E-state index in [4.69, 9.17) is 0 Å². The van der Waals surface area contributed by atoms with Crippen LogP contribution < -0.4 is 0 Å². The van der Waals surface area contributed by atoms with Crippen molar-refractivity contribution in [3.05, 3.63) is 59.7 Å². The Labute approximate surface area is 137 Å². The maximum atomic E-state index is 13.9. The third kappa shape index (κ3) is 3.36. The van der Waals surface area contributed by atoms with Gasteiger partial charge < -0.3 is 0 Å². The molecule has 1 aromatic heterocycles. The molecule has 0 saturated carbocycles. The van der Waals surface area contributed by atoms with Gasteiger partial charge in [0.1, 0.15) is 5.82 Å². The zero-order chi connectivity index (χ0) is 17.5. The summed E-state index contributed by atoms with van der Waals surface area (Å²) in [5.41, 5.74) is 1.57. The Kier molecular flexibility index (Phi) is 3.99. The van der Waals surface area contributed by atoms with Crippen molar-refractivity contribution in [3.8, 4) is 0 Å². The number of rotatable bonds is 3. The molecular formula is C17H14F3NO2S. The van der Waals surface area contributed by atoms with E-state index in [9.17, 15) is 21.6 Å². The normalized spacial score (nSPS) is 17.3. The van der Waals surface area contributed by atoms with Gasteiger partial charge >= 0.3 is 0 Å². The van der Waals surface area contributed by atoms with Crippen LogP contribution in [0.25, 0.3) is 11.1 Å². The van der Waals surface area contributed by atoms with Gasteiger partial charge in [-0.3, -0.25) is 4.98 Å². The SMILES string of the molecule is CS(=O)(=O)c1ccc(C2=C(c3ccc(F)cc3)CC(F)(F)C2)nc1. The number of sulfone groups is 1. The number of hydrogen-bond acceptors (Lipinski definition) is 3. The van der Waals surface area contributed by atoms with Crippen molar-refractivity contribution < 1.29 is 21.6 Å². The minimum absolute atomic E-state index is 0.0277.